The number of hydrogen-bond donors (Lipinski definition) is 2. The van der Waals surface area contributed by atoms with E-state index in [1.165, 1.54) is 32.4 Å². The van der Waals surface area contributed by atoms with Crippen LogP contribution in [-0.2, 0) is 6.54 Å². The summed E-state index contributed by atoms with van der Waals surface area (Å²) in [5.41, 5.74) is 1.46. The minimum atomic E-state index is -0.284. The highest BCUT2D eigenvalue weighted by Gasteiger charge is 2.16. The van der Waals surface area contributed by atoms with Gasteiger partial charge in [0, 0.05) is 31.4 Å². The molecule has 0 unspecified atom stereocenters. The summed E-state index contributed by atoms with van der Waals surface area (Å²) in [6.45, 7) is 8.72. The van der Waals surface area contributed by atoms with E-state index in [1.807, 2.05) is 24.5 Å². The Morgan fingerprint density at radius 2 is 2.04 bits per heavy atom. The minimum Gasteiger partial charge on any atom is -0.352 e. The Morgan fingerprint density at radius 1 is 1.27 bits per heavy atom. The molecule has 2 N–H and O–H groups in total. The van der Waals surface area contributed by atoms with E-state index >= 15 is 0 Å². The molecule has 0 atom stereocenters. The van der Waals surface area contributed by atoms with Crippen molar-refractivity contribution in [3.05, 3.63) is 39.8 Å². The van der Waals surface area contributed by atoms with Crippen LogP contribution >= 0.6 is 0 Å². The summed E-state index contributed by atoms with van der Waals surface area (Å²) in [6, 6.07) is 3.58. The smallest absolute Gasteiger partial charge is 0.256 e. The van der Waals surface area contributed by atoms with Crippen molar-refractivity contribution in [2.75, 3.05) is 26.2 Å². The molecule has 1 fully saturated rings. The second-order valence-corrected chi connectivity index (χ2v) is 7.15. The zero-order valence-corrected chi connectivity index (χ0v) is 15.8. The molecule has 1 saturated heterocycles. The Kier molecular flexibility index (Phi) is 6.04. The van der Waals surface area contributed by atoms with Gasteiger partial charge in [-0.05, 0) is 45.2 Å². The first-order valence-electron chi connectivity index (χ1n) is 9.72. The number of piperidine rings is 1. The lowest BCUT2D eigenvalue weighted by atomic mass is 10.1. The number of aryl methyl sites for hydroxylation is 2. The second-order valence-electron chi connectivity index (χ2n) is 7.15. The first kappa shape index (κ1) is 18.6. The third-order valence-electron chi connectivity index (χ3n) is 5.20. The molecule has 0 saturated carbocycles. The molecule has 0 bridgehead atoms. The van der Waals surface area contributed by atoms with E-state index in [-0.39, 0.29) is 16.9 Å². The molecule has 3 rings (SSSR count). The summed E-state index contributed by atoms with van der Waals surface area (Å²) in [4.78, 5) is 31.3. The normalized spacial score (nSPS) is 15.3. The van der Waals surface area contributed by atoms with Gasteiger partial charge in [-0.2, -0.15) is 0 Å². The van der Waals surface area contributed by atoms with Gasteiger partial charge in [0.2, 0.25) is 5.43 Å². The van der Waals surface area contributed by atoms with Gasteiger partial charge in [-0.1, -0.05) is 0 Å². The molecule has 1 aliphatic rings. The van der Waals surface area contributed by atoms with Gasteiger partial charge in [-0.25, -0.2) is 4.98 Å². The Bertz CT molecular complexity index is 838. The number of carbonyl (C=O) groups excluding carboxylic acids is 1. The van der Waals surface area contributed by atoms with E-state index in [0.717, 1.165) is 18.7 Å². The molecule has 0 spiro atoms. The summed E-state index contributed by atoms with van der Waals surface area (Å²) < 4.78 is 1.87. The lowest BCUT2D eigenvalue weighted by Gasteiger charge is -2.23. The predicted molar refractivity (Wildman–Crippen MR) is 103 cm³/mol. The molecular formula is C20H29N4O2+. The number of pyridine rings is 2. The molecule has 26 heavy (non-hydrogen) atoms. The van der Waals surface area contributed by atoms with Crippen LogP contribution in [0.1, 0.15) is 48.7 Å². The summed E-state index contributed by atoms with van der Waals surface area (Å²) in [7, 11) is 0. The fourth-order valence-corrected chi connectivity index (χ4v) is 3.70. The lowest BCUT2D eigenvalue weighted by Crippen LogP contribution is -3.12. The van der Waals surface area contributed by atoms with Crippen LogP contribution in [0.4, 0.5) is 0 Å². The number of aromatic nitrogens is 2. The first-order valence-corrected chi connectivity index (χ1v) is 9.72. The second kappa shape index (κ2) is 8.45. The lowest BCUT2D eigenvalue weighted by molar-refractivity contribution is -0.904. The standard InChI is InChI=1S/C20H28N4O2/c1-3-24-14-17(18(25)16-9-8-15(2)22-19(16)24)20(26)21-10-7-13-23-11-5-4-6-12-23/h8-9,14H,3-7,10-13H2,1-2H3,(H,21,26)/p+1. The molecule has 2 aromatic rings. The molecular weight excluding hydrogens is 328 g/mol. The molecule has 0 radical (unpaired) electrons. The van der Waals surface area contributed by atoms with Crippen LogP contribution in [0.15, 0.2) is 23.1 Å². The summed E-state index contributed by atoms with van der Waals surface area (Å²) in [6.07, 6.45) is 6.55. The van der Waals surface area contributed by atoms with E-state index in [9.17, 15) is 9.59 Å². The van der Waals surface area contributed by atoms with Gasteiger partial charge in [0.15, 0.2) is 0 Å². The summed E-state index contributed by atoms with van der Waals surface area (Å²) >= 11 is 0. The first-order chi connectivity index (χ1) is 12.6. The highest BCUT2D eigenvalue weighted by Crippen LogP contribution is 2.11. The van der Waals surface area contributed by atoms with Gasteiger partial charge in [-0.15, -0.1) is 0 Å². The van der Waals surface area contributed by atoms with Crippen molar-refractivity contribution in [1.29, 1.82) is 0 Å². The Balaban J connectivity index is 1.68. The molecule has 1 aliphatic heterocycles. The average Bonchev–Trinajstić information content (AvgIpc) is 2.66. The maximum absolute atomic E-state index is 12.7. The quantitative estimate of drug-likeness (QED) is 0.755. The van der Waals surface area contributed by atoms with Crippen LogP contribution in [0.5, 0.6) is 0 Å². The molecule has 140 valence electrons. The van der Waals surface area contributed by atoms with Crippen LogP contribution in [0.25, 0.3) is 11.0 Å². The largest absolute Gasteiger partial charge is 0.352 e. The third-order valence-corrected chi connectivity index (χ3v) is 5.20. The van der Waals surface area contributed by atoms with Gasteiger partial charge in [0.25, 0.3) is 5.91 Å². The molecule has 3 heterocycles. The number of likely N-dealkylation sites (tertiary alicyclic amines) is 1. The van der Waals surface area contributed by atoms with Crippen LogP contribution < -0.4 is 15.6 Å². The highest BCUT2D eigenvalue weighted by molar-refractivity contribution is 5.96. The fourth-order valence-electron chi connectivity index (χ4n) is 3.70. The maximum atomic E-state index is 12.7. The highest BCUT2D eigenvalue weighted by atomic mass is 16.2. The fraction of sp³-hybridized carbons (Fsp3) is 0.550. The third kappa shape index (κ3) is 4.12. The number of rotatable bonds is 6. The molecule has 0 aromatic carbocycles. The molecule has 6 nitrogen and oxygen atoms in total. The Hall–Kier alpha value is -2.21. The van der Waals surface area contributed by atoms with Gasteiger partial charge < -0.3 is 14.8 Å². The van der Waals surface area contributed by atoms with Gasteiger partial charge >= 0.3 is 0 Å². The molecule has 1 amide bonds. The maximum Gasteiger partial charge on any atom is 0.256 e. The van der Waals surface area contributed by atoms with Crippen molar-refractivity contribution < 1.29 is 9.69 Å². The summed E-state index contributed by atoms with van der Waals surface area (Å²) in [5, 5.41) is 3.42. The number of nitrogens with one attached hydrogen (secondary N) is 2. The van der Waals surface area contributed by atoms with Crippen molar-refractivity contribution in [1.82, 2.24) is 14.9 Å². The molecule has 2 aromatic heterocycles. The van der Waals surface area contributed by atoms with Crippen molar-refractivity contribution in [2.45, 2.75) is 46.1 Å². The molecule has 0 aliphatic carbocycles. The van der Waals surface area contributed by atoms with Gasteiger partial charge in [0.05, 0.1) is 25.0 Å². The van der Waals surface area contributed by atoms with Crippen molar-refractivity contribution in [3.63, 3.8) is 0 Å². The van der Waals surface area contributed by atoms with Gasteiger partial charge in [-0.3, -0.25) is 9.59 Å². The van der Waals surface area contributed by atoms with E-state index in [1.54, 1.807) is 17.2 Å². The van der Waals surface area contributed by atoms with Crippen LogP contribution in [0.2, 0.25) is 0 Å². The van der Waals surface area contributed by atoms with Gasteiger partial charge in [0.1, 0.15) is 11.2 Å². The number of amides is 1. The minimum absolute atomic E-state index is 0.204. The topological polar surface area (TPSA) is 68.4 Å². The average molecular weight is 357 g/mol. The number of hydrogen-bond acceptors (Lipinski definition) is 3. The number of quaternary nitrogens is 1. The zero-order valence-electron chi connectivity index (χ0n) is 15.8. The van der Waals surface area contributed by atoms with Crippen molar-refractivity contribution >= 4 is 16.9 Å². The zero-order chi connectivity index (χ0) is 18.5. The van der Waals surface area contributed by atoms with E-state index in [4.69, 9.17) is 0 Å². The summed E-state index contributed by atoms with van der Waals surface area (Å²) in [5.74, 6) is -0.284. The van der Waals surface area contributed by atoms with E-state index < -0.39 is 0 Å². The monoisotopic (exact) mass is 357 g/mol. The van der Waals surface area contributed by atoms with Crippen LogP contribution in [-0.4, -0.2) is 41.6 Å². The van der Waals surface area contributed by atoms with Crippen LogP contribution in [0, 0.1) is 6.92 Å². The van der Waals surface area contributed by atoms with Crippen molar-refractivity contribution in [2.24, 2.45) is 0 Å². The number of nitrogens with zero attached hydrogens (tertiary/aromatic N) is 2. The van der Waals surface area contributed by atoms with E-state index in [2.05, 4.69) is 10.3 Å². The predicted octanol–water partition coefficient (Wildman–Crippen LogP) is 0.914. The SMILES string of the molecule is CCn1cc(C(=O)NCCC[NH+]2CCCCC2)c(=O)c2ccc(C)nc21. The number of carbonyl (C=O) groups is 1. The molecule has 6 heteroatoms. The van der Waals surface area contributed by atoms with Crippen LogP contribution in [0.3, 0.4) is 0 Å². The Labute approximate surface area is 154 Å². The Morgan fingerprint density at radius 3 is 2.77 bits per heavy atom. The van der Waals surface area contributed by atoms with Crippen molar-refractivity contribution in [3.8, 4) is 0 Å². The van der Waals surface area contributed by atoms with E-state index in [0.29, 0.717) is 24.1 Å². The number of fused-ring (bicyclic) bond motifs is 1.